The van der Waals surface area contributed by atoms with Crippen molar-refractivity contribution in [3.63, 3.8) is 0 Å². The lowest BCUT2D eigenvalue weighted by atomic mass is 9.79. The largest absolute Gasteiger partial charge is 0.328 e. The Labute approximate surface area is 120 Å². The highest BCUT2D eigenvalue weighted by atomic mass is 35.5. The third-order valence-electron chi connectivity index (χ3n) is 4.06. The number of hydrogen-bond donors (Lipinski definition) is 0. The first-order valence-electron chi connectivity index (χ1n) is 6.84. The minimum absolute atomic E-state index is 0.0807. The number of hydrogen-bond acceptors (Lipinski definition) is 1. The summed E-state index contributed by atoms with van der Waals surface area (Å²) >= 11 is 6.00. The van der Waals surface area contributed by atoms with Gasteiger partial charge in [-0.15, -0.1) is 0 Å². The van der Waals surface area contributed by atoms with Gasteiger partial charge in [0.05, 0.1) is 0 Å². The maximum absolute atomic E-state index is 12.9. The van der Waals surface area contributed by atoms with Crippen LogP contribution >= 0.6 is 11.6 Å². The number of benzene rings is 1. The molecule has 0 aliphatic carbocycles. The highest BCUT2D eigenvalue weighted by Gasteiger charge is 2.44. The lowest BCUT2D eigenvalue weighted by Gasteiger charge is -2.53. The molecule has 19 heavy (non-hydrogen) atoms. The first-order chi connectivity index (χ1) is 8.74. The molecule has 1 fully saturated rings. The van der Waals surface area contributed by atoms with E-state index in [2.05, 4.69) is 27.7 Å². The van der Waals surface area contributed by atoms with E-state index in [0.717, 1.165) is 12.8 Å². The van der Waals surface area contributed by atoms with E-state index >= 15 is 0 Å². The van der Waals surface area contributed by atoms with Gasteiger partial charge in [0.25, 0.3) is 5.91 Å². The highest BCUT2D eigenvalue weighted by molar-refractivity contribution is 6.30. The van der Waals surface area contributed by atoms with Crippen molar-refractivity contribution in [3.8, 4) is 0 Å². The number of carbonyl (C=O) groups excluding carboxylic acids is 1. The van der Waals surface area contributed by atoms with Crippen LogP contribution in [-0.2, 0) is 0 Å². The van der Waals surface area contributed by atoms with Crippen molar-refractivity contribution in [1.29, 1.82) is 0 Å². The topological polar surface area (TPSA) is 20.3 Å². The first-order valence-corrected chi connectivity index (χ1v) is 7.22. The van der Waals surface area contributed by atoms with Crippen molar-refractivity contribution in [2.45, 2.75) is 58.0 Å². The molecule has 1 aliphatic heterocycles. The fourth-order valence-corrected chi connectivity index (χ4v) is 3.49. The van der Waals surface area contributed by atoms with E-state index in [0.29, 0.717) is 10.6 Å². The number of halogens is 1. The fourth-order valence-electron chi connectivity index (χ4n) is 3.30. The molecule has 104 valence electrons. The summed E-state index contributed by atoms with van der Waals surface area (Å²) in [6, 6.07) is 7.23. The van der Waals surface area contributed by atoms with Gasteiger partial charge >= 0.3 is 0 Å². The van der Waals surface area contributed by atoms with Crippen LogP contribution in [-0.4, -0.2) is 21.9 Å². The van der Waals surface area contributed by atoms with Crippen LogP contribution in [0.1, 0.15) is 57.3 Å². The van der Waals surface area contributed by atoms with Gasteiger partial charge in [-0.25, -0.2) is 0 Å². The zero-order chi connectivity index (χ0) is 14.3. The van der Waals surface area contributed by atoms with Gasteiger partial charge in [0.1, 0.15) is 0 Å². The first kappa shape index (κ1) is 14.4. The van der Waals surface area contributed by atoms with Crippen LogP contribution in [0.2, 0.25) is 5.02 Å². The molecule has 0 bridgehead atoms. The Balaban J connectivity index is 2.40. The zero-order valence-electron chi connectivity index (χ0n) is 12.2. The molecule has 1 saturated heterocycles. The van der Waals surface area contributed by atoms with Crippen LogP contribution in [0.15, 0.2) is 24.3 Å². The van der Waals surface area contributed by atoms with Crippen molar-refractivity contribution in [2.75, 3.05) is 0 Å². The van der Waals surface area contributed by atoms with Crippen LogP contribution in [0.4, 0.5) is 0 Å². The second kappa shape index (κ2) is 4.82. The van der Waals surface area contributed by atoms with Crippen molar-refractivity contribution < 1.29 is 4.79 Å². The SMILES string of the molecule is CC1(C)CCCC(C)(C)N1C(=O)c1cccc(Cl)c1. The van der Waals surface area contributed by atoms with Gasteiger partial charge < -0.3 is 4.90 Å². The molecule has 0 unspecified atom stereocenters. The van der Waals surface area contributed by atoms with Gasteiger partial charge in [-0.3, -0.25) is 4.79 Å². The predicted molar refractivity (Wildman–Crippen MR) is 79.6 cm³/mol. The standard InChI is InChI=1S/C16H22ClNO/c1-15(2)9-6-10-16(3,4)18(15)14(19)12-7-5-8-13(17)11-12/h5,7-8,11H,6,9-10H2,1-4H3. The number of amides is 1. The summed E-state index contributed by atoms with van der Waals surface area (Å²) in [6.45, 7) is 8.60. The normalized spacial score (nSPS) is 21.2. The molecule has 1 amide bonds. The Hall–Kier alpha value is -1.02. The summed E-state index contributed by atoms with van der Waals surface area (Å²) in [5.74, 6) is 0.0807. The quantitative estimate of drug-likeness (QED) is 0.740. The van der Waals surface area contributed by atoms with Crippen LogP contribution in [0.3, 0.4) is 0 Å². The Morgan fingerprint density at radius 3 is 2.26 bits per heavy atom. The van der Waals surface area contributed by atoms with E-state index in [9.17, 15) is 4.79 Å². The van der Waals surface area contributed by atoms with E-state index < -0.39 is 0 Å². The van der Waals surface area contributed by atoms with Gasteiger partial charge in [-0.2, -0.15) is 0 Å². The summed E-state index contributed by atoms with van der Waals surface area (Å²) in [5, 5.41) is 0.610. The van der Waals surface area contributed by atoms with E-state index in [1.54, 1.807) is 12.1 Å². The predicted octanol–water partition coefficient (Wildman–Crippen LogP) is 4.52. The highest BCUT2D eigenvalue weighted by Crippen LogP contribution is 2.39. The summed E-state index contributed by atoms with van der Waals surface area (Å²) < 4.78 is 0. The van der Waals surface area contributed by atoms with Crippen molar-refractivity contribution in [1.82, 2.24) is 4.90 Å². The zero-order valence-corrected chi connectivity index (χ0v) is 12.9. The average molecular weight is 280 g/mol. The number of likely N-dealkylation sites (tertiary alicyclic amines) is 1. The molecule has 1 heterocycles. The molecule has 2 rings (SSSR count). The lowest BCUT2D eigenvalue weighted by molar-refractivity contribution is -0.0111. The summed E-state index contributed by atoms with van der Waals surface area (Å²) in [5.41, 5.74) is 0.456. The Morgan fingerprint density at radius 2 is 1.74 bits per heavy atom. The van der Waals surface area contributed by atoms with Crippen molar-refractivity contribution in [2.24, 2.45) is 0 Å². The maximum Gasteiger partial charge on any atom is 0.254 e. The van der Waals surface area contributed by atoms with E-state index in [-0.39, 0.29) is 17.0 Å². The van der Waals surface area contributed by atoms with Gasteiger partial charge in [0, 0.05) is 21.7 Å². The summed E-state index contributed by atoms with van der Waals surface area (Å²) in [7, 11) is 0. The fraction of sp³-hybridized carbons (Fsp3) is 0.562. The third-order valence-corrected chi connectivity index (χ3v) is 4.30. The summed E-state index contributed by atoms with van der Waals surface area (Å²) in [6.07, 6.45) is 3.25. The Kier molecular flexibility index (Phi) is 3.65. The van der Waals surface area contributed by atoms with Crippen LogP contribution in [0.25, 0.3) is 0 Å². The molecule has 1 aromatic rings. The van der Waals surface area contributed by atoms with E-state index in [1.807, 2.05) is 17.0 Å². The molecule has 0 N–H and O–H groups in total. The minimum atomic E-state index is -0.110. The number of piperidine rings is 1. The van der Waals surface area contributed by atoms with Crippen molar-refractivity contribution in [3.05, 3.63) is 34.9 Å². The van der Waals surface area contributed by atoms with Crippen LogP contribution in [0.5, 0.6) is 0 Å². The van der Waals surface area contributed by atoms with Crippen LogP contribution < -0.4 is 0 Å². The molecule has 0 atom stereocenters. The van der Waals surface area contributed by atoms with Crippen LogP contribution in [0, 0.1) is 0 Å². The summed E-state index contributed by atoms with van der Waals surface area (Å²) in [4.78, 5) is 14.9. The van der Waals surface area contributed by atoms with Crippen molar-refractivity contribution >= 4 is 17.5 Å². The molecule has 0 radical (unpaired) electrons. The van der Waals surface area contributed by atoms with E-state index in [1.165, 1.54) is 6.42 Å². The third kappa shape index (κ3) is 2.79. The molecule has 0 spiro atoms. The number of nitrogens with zero attached hydrogens (tertiary/aromatic N) is 1. The molecule has 1 aromatic carbocycles. The monoisotopic (exact) mass is 279 g/mol. The smallest absolute Gasteiger partial charge is 0.254 e. The van der Waals surface area contributed by atoms with Gasteiger partial charge in [-0.05, 0) is 65.2 Å². The maximum atomic E-state index is 12.9. The molecule has 0 aromatic heterocycles. The molecule has 1 aliphatic rings. The second-order valence-corrected chi connectivity index (χ2v) is 7.07. The second-order valence-electron chi connectivity index (χ2n) is 6.63. The van der Waals surface area contributed by atoms with Gasteiger partial charge in [0.15, 0.2) is 0 Å². The average Bonchev–Trinajstić information content (AvgIpc) is 2.26. The Bertz CT molecular complexity index is 477. The Morgan fingerprint density at radius 1 is 1.16 bits per heavy atom. The van der Waals surface area contributed by atoms with Gasteiger partial charge in [0.2, 0.25) is 0 Å². The molecule has 2 nitrogen and oxygen atoms in total. The minimum Gasteiger partial charge on any atom is -0.328 e. The number of carbonyl (C=O) groups is 1. The molecular formula is C16H22ClNO. The number of rotatable bonds is 1. The molecular weight excluding hydrogens is 258 g/mol. The molecule has 3 heteroatoms. The lowest BCUT2D eigenvalue weighted by Crippen LogP contribution is -2.60. The van der Waals surface area contributed by atoms with E-state index in [4.69, 9.17) is 11.6 Å². The van der Waals surface area contributed by atoms with Gasteiger partial charge in [-0.1, -0.05) is 17.7 Å². The molecule has 0 saturated carbocycles.